The third-order valence-electron chi connectivity index (χ3n) is 2.84. The lowest BCUT2D eigenvalue weighted by Crippen LogP contribution is -2.46. The third-order valence-corrected chi connectivity index (χ3v) is 3.34. The Hall–Kier alpha value is -0.880. The van der Waals surface area contributed by atoms with E-state index in [9.17, 15) is 0 Å². The monoisotopic (exact) mass is 242 g/mol. The van der Waals surface area contributed by atoms with E-state index in [1.54, 1.807) is 0 Å². The Morgan fingerprint density at radius 1 is 1.19 bits per heavy atom. The Balaban J connectivity index is 1.99. The molecule has 1 aromatic rings. The van der Waals surface area contributed by atoms with Crippen molar-refractivity contribution in [1.82, 2.24) is 13.6 Å². The SMILES string of the molecule is CCOc1nsnc1N1CCN(CC)CC1. The van der Waals surface area contributed by atoms with E-state index in [-0.39, 0.29) is 0 Å². The normalized spacial score (nSPS) is 17.8. The summed E-state index contributed by atoms with van der Waals surface area (Å²) in [4.78, 5) is 4.71. The summed E-state index contributed by atoms with van der Waals surface area (Å²) in [6.07, 6.45) is 0. The van der Waals surface area contributed by atoms with Crippen molar-refractivity contribution in [3.63, 3.8) is 0 Å². The lowest BCUT2D eigenvalue weighted by Gasteiger charge is -2.34. The molecule has 16 heavy (non-hydrogen) atoms. The molecule has 1 saturated heterocycles. The van der Waals surface area contributed by atoms with Gasteiger partial charge in [-0.1, -0.05) is 6.92 Å². The number of nitrogens with zero attached hydrogens (tertiary/aromatic N) is 4. The molecule has 0 saturated carbocycles. The summed E-state index contributed by atoms with van der Waals surface area (Å²) in [7, 11) is 0. The van der Waals surface area contributed by atoms with Gasteiger partial charge in [-0.25, -0.2) is 0 Å². The molecular weight excluding hydrogens is 224 g/mol. The van der Waals surface area contributed by atoms with Crippen LogP contribution in [0.1, 0.15) is 13.8 Å². The van der Waals surface area contributed by atoms with Crippen molar-refractivity contribution in [1.29, 1.82) is 0 Å². The fourth-order valence-electron chi connectivity index (χ4n) is 1.87. The van der Waals surface area contributed by atoms with Crippen molar-refractivity contribution in [2.24, 2.45) is 0 Å². The number of hydrogen-bond donors (Lipinski definition) is 0. The molecule has 1 aliphatic rings. The maximum atomic E-state index is 5.46. The van der Waals surface area contributed by atoms with Gasteiger partial charge in [0.1, 0.15) is 0 Å². The first kappa shape index (κ1) is 11.6. The van der Waals surface area contributed by atoms with Gasteiger partial charge in [0.05, 0.1) is 18.3 Å². The molecule has 5 nitrogen and oxygen atoms in total. The second-order valence-corrected chi connectivity index (χ2v) is 4.28. The highest BCUT2D eigenvalue weighted by atomic mass is 32.1. The van der Waals surface area contributed by atoms with Crippen LogP contribution in [0.15, 0.2) is 0 Å². The molecule has 0 radical (unpaired) electrons. The Kier molecular flexibility index (Phi) is 3.95. The fraction of sp³-hybridized carbons (Fsp3) is 0.800. The van der Waals surface area contributed by atoms with E-state index in [1.807, 2.05) is 6.92 Å². The lowest BCUT2D eigenvalue weighted by molar-refractivity contribution is 0.268. The van der Waals surface area contributed by atoms with Gasteiger partial charge in [0.2, 0.25) is 5.82 Å². The van der Waals surface area contributed by atoms with Crippen LogP contribution in [0.2, 0.25) is 0 Å². The highest BCUT2D eigenvalue weighted by molar-refractivity contribution is 6.99. The Labute approximate surface area is 100 Å². The van der Waals surface area contributed by atoms with Crippen LogP contribution in [0.3, 0.4) is 0 Å². The van der Waals surface area contributed by atoms with E-state index in [0.29, 0.717) is 12.5 Å². The molecule has 6 heteroatoms. The number of ether oxygens (including phenoxy) is 1. The summed E-state index contributed by atoms with van der Waals surface area (Å²) in [6, 6.07) is 0. The first-order valence-corrected chi connectivity index (χ1v) is 6.50. The number of likely N-dealkylation sites (N-methyl/N-ethyl adjacent to an activating group) is 1. The summed E-state index contributed by atoms with van der Waals surface area (Å²) in [5.41, 5.74) is 0. The van der Waals surface area contributed by atoms with Crippen molar-refractivity contribution in [3.8, 4) is 5.88 Å². The molecular formula is C10H18N4OS. The summed E-state index contributed by atoms with van der Waals surface area (Å²) in [5.74, 6) is 1.61. The van der Waals surface area contributed by atoms with Crippen LogP contribution >= 0.6 is 11.7 Å². The highest BCUT2D eigenvalue weighted by Crippen LogP contribution is 2.26. The molecule has 1 fully saturated rings. The summed E-state index contributed by atoms with van der Waals surface area (Å²) in [5, 5.41) is 0. The summed E-state index contributed by atoms with van der Waals surface area (Å²) >= 11 is 1.23. The zero-order chi connectivity index (χ0) is 11.4. The van der Waals surface area contributed by atoms with E-state index in [2.05, 4.69) is 25.5 Å². The van der Waals surface area contributed by atoms with Gasteiger partial charge in [0.25, 0.3) is 5.88 Å². The first-order chi connectivity index (χ1) is 7.85. The van der Waals surface area contributed by atoms with Crippen LogP contribution in [0.25, 0.3) is 0 Å². The predicted octanol–water partition coefficient (Wildman–Crippen LogP) is 1.08. The van der Waals surface area contributed by atoms with Crippen LogP contribution in [-0.2, 0) is 0 Å². The fourth-order valence-corrected chi connectivity index (χ4v) is 2.39. The zero-order valence-electron chi connectivity index (χ0n) is 9.85. The minimum absolute atomic E-state index is 0.646. The smallest absolute Gasteiger partial charge is 0.270 e. The standard InChI is InChI=1S/C10H18N4OS/c1-3-13-5-7-14(8-6-13)9-10(15-4-2)12-16-11-9/h3-8H2,1-2H3. The molecule has 0 N–H and O–H groups in total. The average molecular weight is 242 g/mol. The maximum absolute atomic E-state index is 5.46. The lowest BCUT2D eigenvalue weighted by atomic mass is 10.3. The van der Waals surface area contributed by atoms with Gasteiger partial charge in [-0.05, 0) is 13.5 Å². The molecule has 0 spiro atoms. The van der Waals surface area contributed by atoms with Crippen LogP contribution in [0.5, 0.6) is 5.88 Å². The van der Waals surface area contributed by atoms with Crippen molar-refractivity contribution >= 4 is 17.5 Å². The number of aromatic nitrogens is 2. The topological polar surface area (TPSA) is 41.5 Å². The minimum Gasteiger partial charge on any atom is -0.475 e. The van der Waals surface area contributed by atoms with Gasteiger partial charge >= 0.3 is 0 Å². The molecule has 90 valence electrons. The van der Waals surface area contributed by atoms with E-state index in [1.165, 1.54) is 11.7 Å². The van der Waals surface area contributed by atoms with Crippen LogP contribution < -0.4 is 9.64 Å². The Morgan fingerprint density at radius 3 is 2.56 bits per heavy atom. The average Bonchev–Trinajstić information content (AvgIpc) is 2.78. The van der Waals surface area contributed by atoms with Gasteiger partial charge in [-0.3, -0.25) is 0 Å². The van der Waals surface area contributed by atoms with Crippen molar-refractivity contribution < 1.29 is 4.74 Å². The molecule has 0 unspecified atom stereocenters. The van der Waals surface area contributed by atoms with Crippen molar-refractivity contribution in [3.05, 3.63) is 0 Å². The van der Waals surface area contributed by atoms with Crippen LogP contribution in [-0.4, -0.2) is 53.0 Å². The number of hydrogen-bond acceptors (Lipinski definition) is 6. The van der Waals surface area contributed by atoms with Gasteiger partial charge in [0.15, 0.2) is 0 Å². The van der Waals surface area contributed by atoms with Gasteiger partial charge < -0.3 is 14.5 Å². The molecule has 2 rings (SSSR count). The molecule has 0 atom stereocenters. The van der Waals surface area contributed by atoms with E-state index >= 15 is 0 Å². The second-order valence-electron chi connectivity index (χ2n) is 3.75. The second kappa shape index (κ2) is 5.45. The predicted molar refractivity (Wildman–Crippen MR) is 65.4 cm³/mol. The maximum Gasteiger partial charge on any atom is 0.270 e. The molecule has 1 aliphatic heterocycles. The van der Waals surface area contributed by atoms with Crippen molar-refractivity contribution in [2.45, 2.75) is 13.8 Å². The summed E-state index contributed by atoms with van der Waals surface area (Å²) < 4.78 is 14.0. The molecule has 0 amide bonds. The van der Waals surface area contributed by atoms with Gasteiger partial charge in [-0.15, -0.1) is 4.37 Å². The number of rotatable bonds is 4. The van der Waals surface area contributed by atoms with Crippen LogP contribution in [0.4, 0.5) is 5.82 Å². The molecule has 2 heterocycles. The Morgan fingerprint density at radius 2 is 1.94 bits per heavy atom. The van der Waals surface area contributed by atoms with Crippen molar-refractivity contribution in [2.75, 3.05) is 44.2 Å². The molecule has 0 bridgehead atoms. The zero-order valence-corrected chi connectivity index (χ0v) is 10.7. The highest BCUT2D eigenvalue weighted by Gasteiger charge is 2.21. The first-order valence-electron chi connectivity index (χ1n) is 5.77. The number of anilines is 1. The molecule has 0 aromatic carbocycles. The van der Waals surface area contributed by atoms with Gasteiger partial charge in [-0.2, -0.15) is 4.37 Å². The quantitative estimate of drug-likeness (QED) is 0.790. The minimum atomic E-state index is 0.646. The molecule has 0 aliphatic carbocycles. The molecule has 1 aromatic heterocycles. The number of piperazine rings is 1. The largest absolute Gasteiger partial charge is 0.475 e. The third kappa shape index (κ3) is 2.44. The Bertz CT molecular complexity index is 322. The summed E-state index contributed by atoms with van der Waals surface area (Å²) in [6.45, 7) is 10.2. The van der Waals surface area contributed by atoms with E-state index in [0.717, 1.165) is 38.5 Å². The van der Waals surface area contributed by atoms with E-state index in [4.69, 9.17) is 4.74 Å². The van der Waals surface area contributed by atoms with Gasteiger partial charge in [0, 0.05) is 26.2 Å². The van der Waals surface area contributed by atoms with Crippen LogP contribution in [0, 0.1) is 0 Å². The van der Waals surface area contributed by atoms with E-state index < -0.39 is 0 Å².